The van der Waals surface area contributed by atoms with Gasteiger partial charge in [0.15, 0.2) is 0 Å². The van der Waals surface area contributed by atoms with Crippen molar-refractivity contribution in [1.29, 1.82) is 0 Å². The molecular formula is C13H18N2O3S. The Morgan fingerprint density at radius 1 is 1.37 bits per heavy atom. The van der Waals surface area contributed by atoms with Crippen LogP contribution in [0.25, 0.3) is 0 Å². The van der Waals surface area contributed by atoms with Crippen LogP contribution in [0.3, 0.4) is 0 Å². The summed E-state index contributed by atoms with van der Waals surface area (Å²) < 4.78 is 27.1. The predicted molar refractivity (Wildman–Crippen MR) is 76.0 cm³/mol. The van der Waals surface area contributed by atoms with Gasteiger partial charge in [0.25, 0.3) is 0 Å². The first-order chi connectivity index (χ1) is 8.86. The van der Waals surface area contributed by atoms with E-state index < -0.39 is 10.2 Å². The van der Waals surface area contributed by atoms with E-state index in [-0.39, 0.29) is 6.61 Å². The lowest BCUT2D eigenvalue weighted by Crippen LogP contribution is -2.29. The van der Waals surface area contributed by atoms with Crippen molar-refractivity contribution in [3.63, 3.8) is 0 Å². The lowest BCUT2D eigenvalue weighted by atomic mass is 10.1. The number of anilines is 1. The second kappa shape index (κ2) is 6.57. The van der Waals surface area contributed by atoms with E-state index in [4.69, 9.17) is 5.11 Å². The molecule has 0 saturated carbocycles. The van der Waals surface area contributed by atoms with Crippen molar-refractivity contribution in [2.45, 2.75) is 13.3 Å². The van der Waals surface area contributed by atoms with Crippen molar-refractivity contribution >= 4 is 15.9 Å². The van der Waals surface area contributed by atoms with Crippen LogP contribution in [-0.4, -0.2) is 38.5 Å². The van der Waals surface area contributed by atoms with E-state index in [1.165, 1.54) is 14.1 Å². The quantitative estimate of drug-likeness (QED) is 0.808. The molecule has 19 heavy (non-hydrogen) atoms. The van der Waals surface area contributed by atoms with Crippen molar-refractivity contribution in [2.75, 3.05) is 25.4 Å². The number of benzene rings is 1. The first-order valence-corrected chi connectivity index (χ1v) is 7.21. The highest BCUT2D eigenvalue weighted by atomic mass is 32.2. The van der Waals surface area contributed by atoms with Crippen molar-refractivity contribution in [3.8, 4) is 11.8 Å². The molecule has 2 N–H and O–H groups in total. The molecule has 0 aromatic heterocycles. The molecule has 0 radical (unpaired) electrons. The van der Waals surface area contributed by atoms with Crippen LogP contribution in [0.15, 0.2) is 18.2 Å². The van der Waals surface area contributed by atoms with Gasteiger partial charge in [0.05, 0.1) is 12.3 Å². The largest absolute Gasteiger partial charge is 0.395 e. The lowest BCUT2D eigenvalue weighted by Gasteiger charge is -2.15. The van der Waals surface area contributed by atoms with E-state index in [0.717, 1.165) is 9.87 Å². The molecule has 0 aliphatic heterocycles. The smallest absolute Gasteiger partial charge is 0.301 e. The third-order valence-corrected chi connectivity index (χ3v) is 3.87. The summed E-state index contributed by atoms with van der Waals surface area (Å²) in [5.74, 6) is 5.67. The number of hydrogen-bond acceptors (Lipinski definition) is 3. The van der Waals surface area contributed by atoms with Gasteiger partial charge in [0, 0.05) is 26.1 Å². The molecule has 0 aliphatic carbocycles. The summed E-state index contributed by atoms with van der Waals surface area (Å²) in [5, 5.41) is 8.66. The molecule has 0 spiro atoms. The SMILES string of the molecule is Cc1ccc(C#CCCO)cc1NS(=O)(=O)N(C)C. The highest BCUT2D eigenvalue weighted by Gasteiger charge is 2.14. The Balaban J connectivity index is 3.03. The number of aryl methyl sites for hydroxylation is 1. The lowest BCUT2D eigenvalue weighted by molar-refractivity contribution is 0.305. The van der Waals surface area contributed by atoms with Gasteiger partial charge in [0.1, 0.15) is 0 Å². The number of rotatable bonds is 4. The average Bonchev–Trinajstić information content (AvgIpc) is 2.33. The van der Waals surface area contributed by atoms with E-state index >= 15 is 0 Å². The van der Waals surface area contributed by atoms with Crippen LogP contribution in [0.1, 0.15) is 17.5 Å². The normalized spacial score (nSPS) is 11.0. The van der Waals surface area contributed by atoms with Crippen LogP contribution in [0.4, 0.5) is 5.69 Å². The fraction of sp³-hybridized carbons (Fsp3) is 0.385. The number of aliphatic hydroxyl groups excluding tert-OH is 1. The van der Waals surface area contributed by atoms with Gasteiger partial charge >= 0.3 is 10.2 Å². The zero-order chi connectivity index (χ0) is 14.5. The maximum atomic E-state index is 11.8. The average molecular weight is 282 g/mol. The highest BCUT2D eigenvalue weighted by Crippen LogP contribution is 2.18. The highest BCUT2D eigenvalue weighted by molar-refractivity contribution is 7.90. The summed E-state index contributed by atoms with van der Waals surface area (Å²) in [6.45, 7) is 1.83. The molecule has 0 heterocycles. The van der Waals surface area contributed by atoms with Gasteiger partial charge in [-0.25, -0.2) is 0 Å². The summed E-state index contributed by atoms with van der Waals surface area (Å²) >= 11 is 0. The molecule has 0 saturated heterocycles. The van der Waals surface area contributed by atoms with Gasteiger partial charge < -0.3 is 5.11 Å². The van der Waals surface area contributed by atoms with Crippen LogP contribution < -0.4 is 4.72 Å². The zero-order valence-electron chi connectivity index (χ0n) is 11.3. The fourth-order valence-electron chi connectivity index (χ4n) is 1.26. The maximum absolute atomic E-state index is 11.8. The van der Waals surface area contributed by atoms with Crippen molar-refractivity contribution in [2.24, 2.45) is 0 Å². The Kier molecular flexibility index (Phi) is 5.36. The van der Waals surface area contributed by atoms with Gasteiger partial charge in [-0.05, 0) is 24.6 Å². The topological polar surface area (TPSA) is 69.6 Å². The fourth-order valence-corrected chi connectivity index (χ4v) is 1.94. The van der Waals surface area contributed by atoms with Gasteiger partial charge in [-0.15, -0.1) is 0 Å². The van der Waals surface area contributed by atoms with E-state index in [9.17, 15) is 8.42 Å². The van der Waals surface area contributed by atoms with E-state index in [0.29, 0.717) is 17.7 Å². The van der Waals surface area contributed by atoms with Crippen LogP contribution in [0.5, 0.6) is 0 Å². The number of hydrogen-bond donors (Lipinski definition) is 2. The Labute approximate surface area is 114 Å². The Bertz CT molecular complexity index is 598. The van der Waals surface area contributed by atoms with Crippen molar-refractivity contribution < 1.29 is 13.5 Å². The summed E-state index contributed by atoms with van der Waals surface area (Å²) in [4.78, 5) is 0. The molecular weight excluding hydrogens is 264 g/mol. The molecule has 0 amide bonds. The molecule has 5 nitrogen and oxygen atoms in total. The summed E-state index contributed by atoms with van der Waals surface area (Å²) in [6.07, 6.45) is 0.395. The molecule has 1 rings (SSSR count). The third kappa shape index (κ3) is 4.56. The van der Waals surface area contributed by atoms with Gasteiger partial charge in [-0.2, -0.15) is 12.7 Å². The number of nitrogens with one attached hydrogen (secondary N) is 1. The van der Waals surface area contributed by atoms with E-state index in [1.54, 1.807) is 12.1 Å². The predicted octanol–water partition coefficient (Wildman–Crippen LogP) is 0.947. The minimum Gasteiger partial charge on any atom is -0.395 e. The van der Waals surface area contributed by atoms with Crippen LogP contribution in [-0.2, 0) is 10.2 Å². The Morgan fingerprint density at radius 3 is 2.63 bits per heavy atom. The van der Waals surface area contributed by atoms with Gasteiger partial charge in [0.2, 0.25) is 0 Å². The standard InChI is InChI=1S/C13H18N2O3S/c1-11-7-8-12(6-4-5-9-16)10-13(11)14-19(17,18)15(2)3/h7-8,10,14,16H,5,9H2,1-3H3. The molecule has 104 valence electrons. The third-order valence-electron chi connectivity index (χ3n) is 2.43. The summed E-state index contributed by atoms with van der Waals surface area (Å²) in [7, 11) is -0.599. The monoisotopic (exact) mass is 282 g/mol. The summed E-state index contributed by atoms with van der Waals surface area (Å²) in [6, 6.07) is 5.30. The second-order valence-electron chi connectivity index (χ2n) is 4.19. The van der Waals surface area contributed by atoms with E-state index in [2.05, 4.69) is 16.6 Å². The number of aliphatic hydroxyl groups is 1. The van der Waals surface area contributed by atoms with Crippen molar-refractivity contribution in [3.05, 3.63) is 29.3 Å². The molecule has 0 fully saturated rings. The first kappa shape index (κ1) is 15.5. The Morgan fingerprint density at radius 2 is 2.05 bits per heavy atom. The van der Waals surface area contributed by atoms with Crippen LogP contribution in [0, 0.1) is 18.8 Å². The molecule has 0 atom stereocenters. The number of nitrogens with zero attached hydrogens (tertiary/aromatic N) is 1. The van der Waals surface area contributed by atoms with Crippen LogP contribution in [0.2, 0.25) is 0 Å². The molecule has 6 heteroatoms. The Hall–Kier alpha value is -1.55. The minimum atomic E-state index is -3.52. The molecule has 0 bridgehead atoms. The van der Waals surface area contributed by atoms with Crippen LogP contribution >= 0.6 is 0 Å². The molecule has 0 unspecified atom stereocenters. The molecule has 0 aliphatic rings. The van der Waals surface area contributed by atoms with Gasteiger partial charge in [-0.1, -0.05) is 17.9 Å². The van der Waals surface area contributed by atoms with Gasteiger partial charge in [-0.3, -0.25) is 4.72 Å². The van der Waals surface area contributed by atoms with Crippen molar-refractivity contribution in [1.82, 2.24) is 4.31 Å². The second-order valence-corrected chi connectivity index (χ2v) is 6.08. The molecule has 1 aromatic rings. The molecule has 1 aromatic carbocycles. The minimum absolute atomic E-state index is 0.0129. The first-order valence-electron chi connectivity index (χ1n) is 5.77. The maximum Gasteiger partial charge on any atom is 0.301 e. The summed E-state index contributed by atoms with van der Waals surface area (Å²) in [5.41, 5.74) is 2.03. The zero-order valence-corrected chi connectivity index (χ0v) is 12.1. The van der Waals surface area contributed by atoms with E-state index in [1.807, 2.05) is 13.0 Å².